The number of amides is 1. The molecule has 2 saturated carbocycles. The van der Waals surface area contributed by atoms with Crippen molar-refractivity contribution in [1.82, 2.24) is 20.1 Å². The Balaban J connectivity index is 0.00000150. The Morgan fingerprint density at radius 2 is 1.90 bits per heavy atom. The molecule has 0 aromatic carbocycles. The zero-order valence-corrected chi connectivity index (χ0v) is 18.6. The van der Waals surface area contributed by atoms with E-state index in [4.69, 9.17) is 5.73 Å². The summed E-state index contributed by atoms with van der Waals surface area (Å²) in [7, 11) is 0. The van der Waals surface area contributed by atoms with Gasteiger partial charge in [0.2, 0.25) is 5.91 Å². The number of halogens is 2. The molecule has 160 valence electrons. The fourth-order valence-electron chi connectivity index (χ4n) is 4.84. The van der Waals surface area contributed by atoms with E-state index in [2.05, 4.69) is 15.4 Å². The maximum atomic E-state index is 12.7. The minimum Gasteiger partial charge on any atom is -0.352 e. The standard InChI is InChI=1S/C21H29N5O.2ClH/c1-13-8-14(2)26(25-13)19-7-6-15(11-23-19)12-24-21(27)18-9-16-4-3-5-17(10-18)20(16)22;;/h6-8,11,16-18,20H,3-5,9-10,12,22H2,1-2H3,(H,24,27);2*1H. The molecule has 6 nitrogen and oxygen atoms in total. The lowest BCUT2D eigenvalue weighted by Crippen LogP contribution is -2.49. The molecule has 29 heavy (non-hydrogen) atoms. The molecule has 3 N–H and O–H groups in total. The number of carbonyl (C=O) groups excluding carboxylic acids is 1. The molecular weight excluding hydrogens is 409 g/mol. The highest BCUT2D eigenvalue weighted by Crippen LogP contribution is 2.41. The Hall–Kier alpha value is -1.63. The van der Waals surface area contributed by atoms with E-state index in [-0.39, 0.29) is 36.6 Å². The van der Waals surface area contributed by atoms with Crippen LogP contribution in [0.15, 0.2) is 24.4 Å². The number of hydrogen-bond acceptors (Lipinski definition) is 4. The molecular formula is C21H31Cl2N5O. The molecule has 2 fully saturated rings. The number of carbonyl (C=O) groups is 1. The van der Waals surface area contributed by atoms with Crippen LogP contribution in [0, 0.1) is 31.6 Å². The Morgan fingerprint density at radius 1 is 1.21 bits per heavy atom. The van der Waals surface area contributed by atoms with Gasteiger partial charge in [-0.05, 0) is 69.1 Å². The van der Waals surface area contributed by atoms with E-state index in [1.807, 2.05) is 42.9 Å². The van der Waals surface area contributed by atoms with Crippen molar-refractivity contribution in [2.75, 3.05) is 0 Å². The van der Waals surface area contributed by atoms with Crippen molar-refractivity contribution in [2.45, 2.75) is 58.5 Å². The van der Waals surface area contributed by atoms with Gasteiger partial charge in [-0.15, -0.1) is 24.8 Å². The lowest BCUT2D eigenvalue weighted by molar-refractivity contribution is -0.128. The quantitative estimate of drug-likeness (QED) is 0.762. The molecule has 2 aromatic heterocycles. The van der Waals surface area contributed by atoms with Gasteiger partial charge in [0.1, 0.15) is 0 Å². The fraction of sp³-hybridized carbons (Fsp3) is 0.571. The highest BCUT2D eigenvalue weighted by molar-refractivity contribution is 5.85. The summed E-state index contributed by atoms with van der Waals surface area (Å²) in [4.78, 5) is 17.2. The molecule has 2 aliphatic rings. The van der Waals surface area contributed by atoms with Gasteiger partial charge in [-0.3, -0.25) is 4.79 Å². The van der Waals surface area contributed by atoms with Crippen molar-refractivity contribution >= 4 is 30.7 Å². The Kier molecular flexibility index (Phi) is 8.09. The zero-order valence-electron chi connectivity index (χ0n) is 17.0. The number of aryl methyl sites for hydroxylation is 2. The summed E-state index contributed by atoms with van der Waals surface area (Å²) in [6.07, 6.45) is 7.33. The van der Waals surface area contributed by atoms with Crippen molar-refractivity contribution in [3.8, 4) is 5.82 Å². The van der Waals surface area contributed by atoms with Crippen LogP contribution in [0.25, 0.3) is 5.82 Å². The largest absolute Gasteiger partial charge is 0.352 e. The average molecular weight is 440 g/mol. The Labute approximate surface area is 184 Å². The third-order valence-electron chi connectivity index (χ3n) is 6.29. The number of nitrogens with zero attached hydrogens (tertiary/aromatic N) is 3. The van der Waals surface area contributed by atoms with Gasteiger partial charge in [0.25, 0.3) is 0 Å². The lowest BCUT2D eigenvalue weighted by Gasteiger charge is -2.43. The maximum absolute atomic E-state index is 12.7. The number of nitrogens with two attached hydrogens (primary N) is 1. The van der Waals surface area contributed by atoms with Crippen LogP contribution in [0.2, 0.25) is 0 Å². The molecule has 2 aromatic rings. The van der Waals surface area contributed by atoms with Crippen LogP contribution in [-0.2, 0) is 11.3 Å². The van der Waals surface area contributed by atoms with Crippen LogP contribution in [0.5, 0.6) is 0 Å². The van der Waals surface area contributed by atoms with Gasteiger partial charge in [-0.1, -0.05) is 12.5 Å². The monoisotopic (exact) mass is 439 g/mol. The molecule has 0 aliphatic heterocycles. The van der Waals surface area contributed by atoms with E-state index in [0.717, 1.165) is 35.6 Å². The van der Waals surface area contributed by atoms with E-state index < -0.39 is 0 Å². The molecule has 8 heteroatoms. The second-order valence-corrected chi connectivity index (χ2v) is 8.28. The highest BCUT2D eigenvalue weighted by atomic mass is 35.5. The number of fused-ring (bicyclic) bond motifs is 2. The molecule has 1 amide bonds. The van der Waals surface area contributed by atoms with Crippen LogP contribution in [0.1, 0.15) is 49.1 Å². The van der Waals surface area contributed by atoms with Gasteiger partial charge in [-0.2, -0.15) is 5.10 Å². The second kappa shape index (κ2) is 9.92. The Bertz CT molecular complexity index is 809. The predicted molar refractivity (Wildman–Crippen MR) is 119 cm³/mol. The minimum absolute atomic E-state index is 0. The van der Waals surface area contributed by atoms with Crippen molar-refractivity contribution in [3.05, 3.63) is 41.3 Å². The van der Waals surface area contributed by atoms with Crippen LogP contribution in [0.4, 0.5) is 0 Å². The van der Waals surface area contributed by atoms with Crippen LogP contribution >= 0.6 is 24.8 Å². The van der Waals surface area contributed by atoms with Crippen molar-refractivity contribution in [3.63, 3.8) is 0 Å². The smallest absolute Gasteiger partial charge is 0.223 e. The van der Waals surface area contributed by atoms with E-state index >= 15 is 0 Å². The van der Waals surface area contributed by atoms with E-state index in [1.54, 1.807) is 0 Å². The lowest BCUT2D eigenvalue weighted by atomic mass is 9.65. The van der Waals surface area contributed by atoms with Gasteiger partial charge in [0, 0.05) is 30.4 Å². The maximum Gasteiger partial charge on any atom is 0.223 e. The Morgan fingerprint density at radius 3 is 2.45 bits per heavy atom. The average Bonchev–Trinajstić information content (AvgIpc) is 2.98. The van der Waals surface area contributed by atoms with Crippen LogP contribution < -0.4 is 11.1 Å². The predicted octanol–water partition coefficient (Wildman–Crippen LogP) is 3.50. The van der Waals surface area contributed by atoms with Gasteiger partial charge in [0.05, 0.1) is 5.69 Å². The topological polar surface area (TPSA) is 85.8 Å². The molecule has 4 rings (SSSR count). The van der Waals surface area contributed by atoms with Gasteiger partial charge < -0.3 is 11.1 Å². The second-order valence-electron chi connectivity index (χ2n) is 8.28. The van der Waals surface area contributed by atoms with E-state index in [0.29, 0.717) is 24.4 Å². The summed E-state index contributed by atoms with van der Waals surface area (Å²) in [6.45, 7) is 4.50. The van der Waals surface area contributed by atoms with E-state index in [1.165, 1.54) is 19.3 Å². The molecule has 2 bridgehead atoms. The molecule has 2 aliphatic carbocycles. The summed E-state index contributed by atoms with van der Waals surface area (Å²) >= 11 is 0. The number of aromatic nitrogens is 3. The fourth-order valence-corrected chi connectivity index (χ4v) is 4.84. The van der Waals surface area contributed by atoms with Crippen molar-refractivity contribution < 1.29 is 4.79 Å². The summed E-state index contributed by atoms with van der Waals surface area (Å²) in [5, 5.41) is 7.56. The molecule has 0 spiro atoms. The number of pyridine rings is 1. The summed E-state index contributed by atoms with van der Waals surface area (Å²) in [6, 6.07) is 6.28. The van der Waals surface area contributed by atoms with Crippen molar-refractivity contribution in [1.29, 1.82) is 0 Å². The SMILES string of the molecule is Cc1cc(C)n(-c2ccc(CNC(=O)C3CC4CCCC(C3)C4N)cn2)n1.Cl.Cl. The number of rotatable bonds is 4. The summed E-state index contributed by atoms with van der Waals surface area (Å²) in [5.41, 5.74) is 9.37. The summed E-state index contributed by atoms with van der Waals surface area (Å²) in [5.74, 6) is 2.12. The zero-order chi connectivity index (χ0) is 19.0. The molecule has 2 unspecified atom stereocenters. The van der Waals surface area contributed by atoms with Gasteiger partial charge in [-0.25, -0.2) is 9.67 Å². The molecule has 0 saturated heterocycles. The number of hydrogen-bond donors (Lipinski definition) is 2. The van der Waals surface area contributed by atoms with Crippen molar-refractivity contribution in [2.24, 2.45) is 23.5 Å². The first-order valence-electron chi connectivity index (χ1n) is 10.0. The number of nitrogens with one attached hydrogen (secondary N) is 1. The van der Waals surface area contributed by atoms with Crippen LogP contribution in [-0.4, -0.2) is 26.7 Å². The van der Waals surface area contributed by atoms with Crippen LogP contribution in [0.3, 0.4) is 0 Å². The molecule has 0 radical (unpaired) electrons. The van der Waals surface area contributed by atoms with E-state index in [9.17, 15) is 4.79 Å². The third kappa shape index (κ3) is 5.11. The third-order valence-corrected chi connectivity index (χ3v) is 6.29. The van der Waals surface area contributed by atoms with Gasteiger partial charge >= 0.3 is 0 Å². The first-order valence-corrected chi connectivity index (χ1v) is 10.0. The first kappa shape index (κ1) is 23.6. The summed E-state index contributed by atoms with van der Waals surface area (Å²) < 4.78 is 1.84. The molecule has 2 atom stereocenters. The highest BCUT2D eigenvalue weighted by Gasteiger charge is 2.40. The minimum atomic E-state index is 0. The van der Waals surface area contributed by atoms with Gasteiger partial charge in [0.15, 0.2) is 5.82 Å². The normalized spacial score (nSPS) is 25.5. The molecule has 2 heterocycles. The first-order chi connectivity index (χ1) is 13.0.